The first-order chi connectivity index (χ1) is 9.32. The molecule has 4 unspecified atom stereocenters. The predicted octanol–water partition coefficient (Wildman–Crippen LogP) is 1.54. The second-order valence-electron chi connectivity index (χ2n) is 5.42. The van der Waals surface area contributed by atoms with E-state index in [2.05, 4.69) is 0 Å². The molecule has 2 rings (SSSR count). The molecule has 1 aliphatic heterocycles. The minimum Gasteiger partial charge on any atom is -0.469 e. The van der Waals surface area contributed by atoms with Crippen molar-refractivity contribution in [2.45, 2.75) is 50.7 Å². The minimum absolute atomic E-state index is 0.0376. The SMILES string of the molecule is CC1OC(C)(C)OCC(c2ccco2)C([N+](=O)[O-])C1O. The third-order valence-electron chi connectivity index (χ3n) is 3.48. The van der Waals surface area contributed by atoms with Gasteiger partial charge >= 0.3 is 0 Å². The van der Waals surface area contributed by atoms with Gasteiger partial charge < -0.3 is 19.0 Å². The van der Waals surface area contributed by atoms with Crippen LogP contribution >= 0.6 is 0 Å². The number of aliphatic hydroxyl groups is 1. The first-order valence-corrected chi connectivity index (χ1v) is 6.48. The van der Waals surface area contributed by atoms with Crippen LogP contribution in [0, 0.1) is 10.1 Å². The lowest BCUT2D eigenvalue weighted by atomic mass is 9.90. The summed E-state index contributed by atoms with van der Waals surface area (Å²) in [6, 6.07) is 2.06. The molecular formula is C13H19NO6. The lowest BCUT2D eigenvalue weighted by molar-refractivity contribution is -0.546. The van der Waals surface area contributed by atoms with Crippen LogP contribution in [0.3, 0.4) is 0 Å². The topological polar surface area (TPSA) is 95.0 Å². The molecule has 112 valence electrons. The minimum atomic E-state index is -1.25. The number of hydrogen-bond donors (Lipinski definition) is 1. The second kappa shape index (κ2) is 5.51. The first kappa shape index (κ1) is 15.0. The Morgan fingerprint density at radius 1 is 1.50 bits per heavy atom. The van der Waals surface area contributed by atoms with Crippen LogP contribution in [0.15, 0.2) is 22.8 Å². The zero-order valence-corrected chi connectivity index (χ0v) is 11.7. The summed E-state index contributed by atoms with van der Waals surface area (Å²) >= 11 is 0. The molecule has 0 aliphatic carbocycles. The zero-order valence-electron chi connectivity index (χ0n) is 11.7. The van der Waals surface area contributed by atoms with Crippen LogP contribution in [0.25, 0.3) is 0 Å². The summed E-state index contributed by atoms with van der Waals surface area (Å²) in [5, 5.41) is 21.6. The van der Waals surface area contributed by atoms with Gasteiger partial charge in [0.15, 0.2) is 5.79 Å². The molecule has 1 aromatic heterocycles. The molecule has 2 heterocycles. The summed E-state index contributed by atoms with van der Waals surface area (Å²) in [4.78, 5) is 10.8. The van der Waals surface area contributed by atoms with Gasteiger partial charge in [0.25, 0.3) is 6.04 Å². The van der Waals surface area contributed by atoms with Crippen molar-refractivity contribution in [3.8, 4) is 0 Å². The van der Waals surface area contributed by atoms with Crippen LogP contribution in [-0.2, 0) is 9.47 Å². The van der Waals surface area contributed by atoms with Gasteiger partial charge in [-0.15, -0.1) is 0 Å². The summed E-state index contributed by atoms with van der Waals surface area (Å²) in [6.45, 7) is 5.05. The van der Waals surface area contributed by atoms with Crippen molar-refractivity contribution in [2.75, 3.05) is 6.61 Å². The summed E-state index contributed by atoms with van der Waals surface area (Å²) < 4.78 is 16.4. The highest BCUT2D eigenvalue weighted by Gasteiger charge is 2.47. The number of aliphatic hydroxyl groups excluding tert-OH is 1. The smallest absolute Gasteiger partial charge is 0.253 e. The highest BCUT2D eigenvalue weighted by molar-refractivity contribution is 5.09. The van der Waals surface area contributed by atoms with Gasteiger partial charge in [-0.05, 0) is 32.9 Å². The van der Waals surface area contributed by atoms with E-state index in [0.717, 1.165) is 0 Å². The third kappa shape index (κ3) is 3.00. The van der Waals surface area contributed by atoms with E-state index in [9.17, 15) is 15.2 Å². The molecule has 20 heavy (non-hydrogen) atoms. The molecule has 7 nitrogen and oxygen atoms in total. The van der Waals surface area contributed by atoms with Crippen LogP contribution in [0.5, 0.6) is 0 Å². The molecule has 0 aromatic carbocycles. The van der Waals surface area contributed by atoms with Gasteiger partial charge in [0, 0.05) is 4.92 Å². The fourth-order valence-electron chi connectivity index (χ4n) is 2.48. The lowest BCUT2D eigenvalue weighted by Crippen LogP contribution is -2.52. The summed E-state index contributed by atoms with van der Waals surface area (Å²) in [5.74, 6) is -1.16. The van der Waals surface area contributed by atoms with E-state index in [0.29, 0.717) is 5.76 Å². The molecule has 0 bridgehead atoms. The van der Waals surface area contributed by atoms with Gasteiger partial charge in [0.1, 0.15) is 17.8 Å². The summed E-state index contributed by atoms with van der Waals surface area (Å²) in [5.41, 5.74) is 0. The predicted molar refractivity (Wildman–Crippen MR) is 68.8 cm³/mol. The van der Waals surface area contributed by atoms with E-state index in [-0.39, 0.29) is 6.61 Å². The Morgan fingerprint density at radius 3 is 2.75 bits per heavy atom. The van der Waals surface area contributed by atoms with Gasteiger partial charge in [-0.25, -0.2) is 0 Å². The maximum atomic E-state index is 11.3. The Kier molecular flexibility index (Phi) is 4.12. The highest BCUT2D eigenvalue weighted by atomic mass is 16.7. The normalized spacial score (nSPS) is 34.2. The summed E-state index contributed by atoms with van der Waals surface area (Å²) in [6.07, 6.45) is -0.524. The molecular weight excluding hydrogens is 266 g/mol. The van der Waals surface area contributed by atoms with Gasteiger partial charge in [-0.1, -0.05) is 0 Å². The van der Waals surface area contributed by atoms with Crippen molar-refractivity contribution >= 4 is 0 Å². The van der Waals surface area contributed by atoms with Crippen molar-refractivity contribution in [1.29, 1.82) is 0 Å². The number of ether oxygens (including phenoxy) is 2. The molecule has 1 fully saturated rings. The van der Waals surface area contributed by atoms with E-state index >= 15 is 0 Å². The molecule has 1 N–H and O–H groups in total. The average Bonchev–Trinajstić information content (AvgIpc) is 2.84. The molecule has 1 aliphatic rings. The van der Waals surface area contributed by atoms with Crippen molar-refractivity contribution in [3.63, 3.8) is 0 Å². The molecule has 0 amide bonds. The average molecular weight is 285 g/mol. The number of rotatable bonds is 2. The molecule has 4 atom stereocenters. The standard InChI is InChI=1S/C13H19NO6/c1-8-12(15)11(14(16)17)9(10-5-4-6-18-10)7-19-13(2,3)20-8/h4-6,8-9,11-12,15H,7H2,1-3H3. The fourth-order valence-corrected chi connectivity index (χ4v) is 2.48. The van der Waals surface area contributed by atoms with E-state index in [1.54, 1.807) is 32.9 Å². The Labute approximate surface area is 116 Å². The van der Waals surface area contributed by atoms with Crippen LogP contribution in [0.1, 0.15) is 32.4 Å². The van der Waals surface area contributed by atoms with Crippen LogP contribution in [-0.4, -0.2) is 40.7 Å². The maximum absolute atomic E-state index is 11.3. The van der Waals surface area contributed by atoms with Gasteiger partial charge in [0.05, 0.1) is 19.0 Å². The Bertz CT molecular complexity index is 457. The lowest BCUT2D eigenvalue weighted by Gasteiger charge is -2.37. The zero-order chi connectivity index (χ0) is 14.9. The van der Waals surface area contributed by atoms with Crippen LogP contribution in [0.4, 0.5) is 0 Å². The number of hydrogen-bond acceptors (Lipinski definition) is 6. The molecule has 1 aromatic rings. The Hall–Kier alpha value is -1.44. The van der Waals surface area contributed by atoms with E-state index in [1.165, 1.54) is 6.26 Å². The Morgan fingerprint density at radius 2 is 2.20 bits per heavy atom. The van der Waals surface area contributed by atoms with Gasteiger partial charge in [-0.2, -0.15) is 0 Å². The quantitative estimate of drug-likeness (QED) is 0.654. The van der Waals surface area contributed by atoms with Crippen molar-refractivity contribution in [2.24, 2.45) is 0 Å². The number of nitro groups is 1. The summed E-state index contributed by atoms with van der Waals surface area (Å²) in [7, 11) is 0. The monoisotopic (exact) mass is 285 g/mol. The maximum Gasteiger partial charge on any atom is 0.253 e. The molecule has 0 radical (unpaired) electrons. The number of furan rings is 1. The van der Waals surface area contributed by atoms with Crippen molar-refractivity contribution < 1.29 is 23.9 Å². The van der Waals surface area contributed by atoms with Gasteiger partial charge in [0.2, 0.25) is 0 Å². The highest BCUT2D eigenvalue weighted by Crippen LogP contribution is 2.32. The number of nitrogens with zero attached hydrogens (tertiary/aromatic N) is 1. The van der Waals surface area contributed by atoms with Gasteiger partial charge in [-0.3, -0.25) is 10.1 Å². The van der Waals surface area contributed by atoms with Crippen molar-refractivity contribution in [3.05, 3.63) is 34.3 Å². The molecule has 7 heteroatoms. The fraction of sp³-hybridized carbons (Fsp3) is 0.692. The van der Waals surface area contributed by atoms with E-state index in [4.69, 9.17) is 13.9 Å². The molecule has 0 saturated carbocycles. The molecule has 1 saturated heterocycles. The second-order valence-corrected chi connectivity index (χ2v) is 5.42. The third-order valence-corrected chi connectivity index (χ3v) is 3.48. The van der Waals surface area contributed by atoms with Crippen LogP contribution < -0.4 is 0 Å². The Balaban J connectivity index is 2.36. The van der Waals surface area contributed by atoms with Crippen LogP contribution in [0.2, 0.25) is 0 Å². The largest absolute Gasteiger partial charge is 0.469 e. The van der Waals surface area contributed by atoms with E-state index < -0.39 is 34.9 Å². The molecule has 0 spiro atoms. The van der Waals surface area contributed by atoms with E-state index in [1.807, 2.05) is 0 Å². The van der Waals surface area contributed by atoms with Crippen molar-refractivity contribution in [1.82, 2.24) is 0 Å². The first-order valence-electron chi connectivity index (χ1n) is 6.48.